The zero-order valence-corrected chi connectivity index (χ0v) is 16.6. The van der Waals surface area contributed by atoms with Gasteiger partial charge < -0.3 is 9.47 Å². The minimum absolute atomic E-state index is 0.126. The highest BCUT2D eigenvalue weighted by atomic mass is 16.7. The van der Waals surface area contributed by atoms with Crippen LogP contribution >= 0.6 is 0 Å². The molecule has 142 valence electrons. The Hall–Kier alpha value is -0.930. The molecule has 1 heterocycles. The fourth-order valence-corrected chi connectivity index (χ4v) is 6.96. The van der Waals surface area contributed by atoms with Gasteiger partial charge in [-0.25, -0.2) is 0 Å². The van der Waals surface area contributed by atoms with Crippen LogP contribution in [0.3, 0.4) is 0 Å². The van der Waals surface area contributed by atoms with E-state index in [-0.39, 0.29) is 17.6 Å². The molecule has 3 heteroatoms. The Bertz CT molecular complexity index is 717. The molecule has 0 aromatic rings. The number of hydrogen-bond donors (Lipinski definition) is 0. The van der Waals surface area contributed by atoms with Crippen LogP contribution in [0.4, 0.5) is 0 Å². The lowest BCUT2D eigenvalue weighted by molar-refractivity contribution is -0.146. The summed E-state index contributed by atoms with van der Waals surface area (Å²) in [5, 5.41) is 0. The van der Waals surface area contributed by atoms with Crippen LogP contribution in [-0.2, 0) is 14.3 Å². The topological polar surface area (TPSA) is 35.5 Å². The van der Waals surface area contributed by atoms with Crippen molar-refractivity contribution < 1.29 is 14.3 Å². The van der Waals surface area contributed by atoms with E-state index in [2.05, 4.69) is 33.8 Å². The molecule has 0 aromatic carbocycles. The van der Waals surface area contributed by atoms with E-state index in [1.165, 1.54) is 12.0 Å². The van der Waals surface area contributed by atoms with Gasteiger partial charge in [0.2, 0.25) is 0 Å². The molecule has 5 aliphatic rings. The van der Waals surface area contributed by atoms with Crippen LogP contribution in [0.25, 0.3) is 0 Å². The van der Waals surface area contributed by atoms with E-state index in [1.807, 2.05) is 6.08 Å². The van der Waals surface area contributed by atoms with Gasteiger partial charge in [0.1, 0.15) is 0 Å². The predicted molar refractivity (Wildman–Crippen MR) is 101 cm³/mol. The molecule has 1 aliphatic heterocycles. The van der Waals surface area contributed by atoms with Crippen LogP contribution in [0.2, 0.25) is 0 Å². The zero-order chi connectivity index (χ0) is 18.3. The van der Waals surface area contributed by atoms with Crippen molar-refractivity contribution in [3.05, 3.63) is 23.3 Å². The van der Waals surface area contributed by atoms with Crippen LogP contribution in [0.1, 0.15) is 72.6 Å². The Morgan fingerprint density at radius 2 is 1.85 bits per heavy atom. The number of rotatable bonds is 0. The lowest BCUT2D eigenvalue weighted by Crippen LogP contribution is -2.51. The van der Waals surface area contributed by atoms with E-state index >= 15 is 0 Å². The van der Waals surface area contributed by atoms with Crippen molar-refractivity contribution in [2.45, 2.75) is 90.6 Å². The van der Waals surface area contributed by atoms with E-state index in [0.29, 0.717) is 29.5 Å². The Morgan fingerprint density at radius 3 is 2.65 bits per heavy atom. The Balaban J connectivity index is 1.49. The average Bonchev–Trinajstić information content (AvgIpc) is 2.85. The highest BCUT2D eigenvalue weighted by molar-refractivity contribution is 5.92. The summed E-state index contributed by atoms with van der Waals surface area (Å²) in [4.78, 5) is 12.0. The van der Waals surface area contributed by atoms with E-state index in [9.17, 15) is 4.79 Å². The maximum absolute atomic E-state index is 12.0. The molecule has 0 amide bonds. The fraction of sp³-hybridized carbons (Fsp3) is 0.783. The van der Waals surface area contributed by atoms with Gasteiger partial charge in [-0.1, -0.05) is 31.1 Å². The third kappa shape index (κ3) is 2.36. The lowest BCUT2D eigenvalue weighted by Gasteiger charge is -2.57. The fourth-order valence-electron chi connectivity index (χ4n) is 6.96. The normalized spacial score (nSPS) is 49.3. The third-order valence-electron chi connectivity index (χ3n) is 8.28. The maximum atomic E-state index is 12.0. The van der Waals surface area contributed by atoms with Crippen LogP contribution < -0.4 is 0 Å². The first-order valence-electron chi connectivity index (χ1n) is 10.5. The lowest BCUT2D eigenvalue weighted by atomic mass is 9.48. The first-order valence-corrected chi connectivity index (χ1v) is 10.5. The van der Waals surface area contributed by atoms with Crippen LogP contribution in [-0.4, -0.2) is 23.8 Å². The molecule has 1 unspecified atom stereocenters. The van der Waals surface area contributed by atoms with E-state index in [1.54, 1.807) is 5.57 Å². The summed E-state index contributed by atoms with van der Waals surface area (Å²) in [6, 6.07) is 0. The Morgan fingerprint density at radius 1 is 1.08 bits per heavy atom. The summed E-state index contributed by atoms with van der Waals surface area (Å²) in [6.07, 6.45) is 12.4. The van der Waals surface area contributed by atoms with Crippen LogP contribution in [0.15, 0.2) is 23.3 Å². The summed E-state index contributed by atoms with van der Waals surface area (Å²) >= 11 is 0. The number of hydrogen-bond acceptors (Lipinski definition) is 3. The van der Waals surface area contributed by atoms with Gasteiger partial charge in [-0.15, -0.1) is 0 Å². The summed E-state index contributed by atoms with van der Waals surface area (Å²) in [6.45, 7) is 8.99. The highest BCUT2D eigenvalue weighted by Gasteiger charge is 2.57. The number of allylic oxidation sites excluding steroid dienone is 4. The van der Waals surface area contributed by atoms with Crippen molar-refractivity contribution in [2.24, 2.45) is 22.7 Å². The third-order valence-corrected chi connectivity index (χ3v) is 8.28. The number of carbonyl (C=O) groups excluding carboxylic acids is 1. The predicted octanol–water partition coefficient (Wildman–Crippen LogP) is 4.96. The zero-order valence-electron chi connectivity index (χ0n) is 16.6. The summed E-state index contributed by atoms with van der Waals surface area (Å²) in [7, 11) is 0. The van der Waals surface area contributed by atoms with Crippen LogP contribution in [0.5, 0.6) is 0 Å². The first kappa shape index (κ1) is 17.2. The van der Waals surface area contributed by atoms with Gasteiger partial charge in [-0.3, -0.25) is 4.79 Å². The maximum Gasteiger partial charge on any atom is 0.163 e. The molecule has 3 fully saturated rings. The van der Waals surface area contributed by atoms with E-state index < -0.39 is 5.79 Å². The number of fused-ring (bicyclic) bond motifs is 6. The van der Waals surface area contributed by atoms with E-state index in [0.717, 1.165) is 32.1 Å². The molecule has 2 saturated carbocycles. The number of ether oxygens (including phenoxy) is 2. The second-order valence-corrected chi connectivity index (χ2v) is 10.4. The van der Waals surface area contributed by atoms with Crippen molar-refractivity contribution in [2.75, 3.05) is 0 Å². The quantitative estimate of drug-likeness (QED) is 0.576. The van der Waals surface area contributed by atoms with Gasteiger partial charge in [0.25, 0.3) is 0 Å². The standard InChI is InChI=1S/C23H32O3/c1-21(2)25-19-12-18-16-6-5-14-11-15(24)7-10-23(14,4)17(16)8-9-22(18,3)13-20(19)26-21/h8,11,16,18-20H,5-7,9-10,12-13H2,1-4H3/t16-,18?,19+,20-,22-,23+/m1/s1. The molecule has 4 aliphatic carbocycles. The van der Waals surface area contributed by atoms with Gasteiger partial charge in [-0.05, 0) is 75.7 Å². The average molecular weight is 357 g/mol. The molecule has 1 saturated heterocycles. The molecular formula is C23H32O3. The number of carbonyl (C=O) groups is 1. The molecule has 6 atom stereocenters. The second kappa shape index (κ2) is 5.32. The number of ketones is 1. The minimum atomic E-state index is -0.437. The van der Waals surface area contributed by atoms with Gasteiger partial charge in [0.05, 0.1) is 12.2 Å². The van der Waals surface area contributed by atoms with Gasteiger partial charge in [0.15, 0.2) is 11.6 Å². The SMILES string of the molecule is CC1(C)O[C@H]2CC3[C@@H]4CCC5=CC(=O)CC[C@]5(C)C4=CC[C@]3(C)C[C@H]2O1. The van der Waals surface area contributed by atoms with Gasteiger partial charge in [0, 0.05) is 11.8 Å². The smallest absolute Gasteiger partial charge is 0.163 e. The van der Waals surface area contributed by atoms with Crippen molar-refractivity contribution in [1.29, 1.82) is 0 Å². The van der Waals surface area contributed by atoms with Crippen molar-refractivity contribution >= 4 is 5.78 Å². The molecule has 0 aromatic heterocycles. The Kier molecular flexibility index (Phi) is 3.52. The highest BCUT2D eigenvalue weighted by Crippen LogP contribution is 2.63. The van der Waals surface area contributed by atoms with Gasteiger partial charge >= 0.3 is 0 Å². The van der Waals surface area contributed by atoms with Gasteiger partial charge in [-0.2, -0.15) is 0 Å². The first-order chi connectivity index (χ1) is 12.2. The molecule has 0 radical (unpaired) electrons. The van der Waals surface area contributed by atoms with Crippen molar-refractivity contribution in [3.8, 4) is 0 Å². The summed E-state index contributed by atoms with van der Waals surface area (Å²) < 4.78 is 12.5. The minimum Gasteiger partial charge on any atom is -0.345 e. The van der Waals surface area contributed by atoms with Crippen molar-refractivity contribution in [3.63, 3.8) is 0 Å². The monoisotopic (exact) mass is 356 g/mol. The molecule has 0 bridgehead atoms. The molecule has 26 heavy (non-hydrogen) atoms. The van der Waals surface area contributed by atoms with Crippen LogP contribution in [0, 0.1) is 22.7 Å². The summed E-state index contributed by atoms with van der Waals surface area (Å²) in [5.74, 6) is 1.22. The molecule has 3 nitrogen and oxygen atoms in total. The largest absolute Gasteiger partial charge is 0.345 e. The second-order valence-electron chi connectivity index (χ2n) is 10.4. The summed E-state index contributed by atoms with van der Waals surface area (Å²) in [5.41, 5.74) is 3.49. The van der Waals surface area contributed by atoms with E-state index in [4.69, 9.17) is 9.47 Å². The van der Waals surface area contributed by atoms with Crippen molar-refractivity contribution in [1.82, 2.24) is 0 Å². The molecule has 0 N–H and O–H groups in total. The Labute approximate surface area is 157 Å². The molecule has 5 rings (SSSR count). The molecular weight excluding hydrogens is 324 g/mol. The molecule has 0 spiro atoms.